The van der Waals surface area contributed by atoms with Crippen LogP contribution in [0.15, 0.2) is 54.7 Å². The van der Waals surface area contributed by atoms with Gasteiger partial charge in [-0.1, -0.05) is 29.8 Å². The van der Waals surface area contributed by atoms with Gasteiger partial charge in [-0.2, -0.15) is 0 Å². The maximum Gasteiger partial charge on any atom is 0.0955 e. The molecule has 3 aromatic rings. The Hall–Kier alpha value is -2.55. The van der Waals surface area contributed by atoms with Crippen LogP contribution < -0.4 is 10.6 Å². The minimum absolute atomic E-state index is 0.769. The molecule has 21 heavy (non-hydrogen) atoms. The van der Waals surface area contributed by atoms with Crippen LogP contribution in [0.1, 0.15) is 11.1 Å². The third kappa shape index (κ3) is 2.68. The molecule has 0 aliphatic rings. The van der Waals surface area contributed by atoms with Crippen molar-refractivity contribution in [1.82, 2.24) is 4.98 Å². The van der Waals surface area contributed by atoms with Crippen molar-refractivity contribution in [2.75, 3.05) is 17.7 Å². The van der Waals surface area contributed by atoms with E-state index in [0.717, 1.165) is 28.8 Å². The number of hydrogen-bond donors (Lipinski definition) is 1. The lowest BCUT2D eigenvalue weighted by molar-refractivity contribution is 0.925. The molecule has 0 bridgehead atoms. The molecule has 0 radical (unpaired) electrons. The van der Waals surface area contributed by atoms with Crippen molar-refractivity contribution < 1.29 is 0 Å². The number of pyridine rings is 1. The van der Waals surface area contributed by atoms with Gasteiger partial charge in [0.05, 0.1) is 11.2 Å². The number of aromatic nitrogens is 1. The molecule has 106 valence electrons. The molecule has 0 saturated carbocycles. The lowest BCUT2D eigenvalue weighted by Gasteiger charge is -2.21. The van der Waals surface area contributed by atoms with Crippen LogP contribution in [0.3, 0.4) is 0 Å². The van der Waals surface area contributed by atoms with E-state index in [2.05, 4.69) is 48.1 Å². The van der Waals surface area contributed by atoms with Gasteiger partial charge in [0.1, 0.15) is 0 Å². The summed E-state index contributed by atoms with van der Waals surface area (Å²) in [6.07, 6.45) is 1.81. The van der Waals surface area contributed by atoms with Crippen molar-refractivity contribution in [1.29, 1.82) is 0 Å². The van der Waals surface area contributed by atoms with Gasteiger partial charge < -0.3 is 10.6 Å². The van der Waals surface area contributed by atoms with Crippen LogP contribution in [0.4, 0.5) is 11.4 Å². The van der Waals surface area contributed by atoms with E-state index >= 15 is 0 Å². The smallest absolute Gasteiger partial charge is 0.0955 e. The second kappa shape index (κ2) is 5.44. The fourth-order valence-electron chi connectivity index (χ4n) is 2.54. The van der Waals surface area contributed by atoms with E-state index in [1.54, 1.807) is 0 Å². The zero-order valence-electron chi connectivity index (χ0n) is 12.4. The van der Waals surface area contributed by atoms with Gasteiger partial charge in [-0.05, 0) is 36.8 Å². The quantitative estimate of drug-likeness (QED) is 0.741. The topological polar surface area (TPSA) is 42.1 Å². The van der Waals surface area contributed by atoms with Crippen LogP contribution in [-0.4, -0.2) is 12.0 Å². The third-order valence-electron chi connectivity index (χ3n) is 3.73. The predicted molar refractivity (Wildman–Crippen MR) is 89.4 cm³/mol. The molecule has 0 unspecified atom stereocenters. The van der Waals surface area contributed by atoms with Gasteiger partial charge in [-0.15, -0.1) is 0 Å². The van der Waals surface area contributed by atoms with E-state index in [4.69, 9.17) is 5.73 Å². The molecule has 2 aromatic carbocycles. The van der Waals surface area contributed by atoms with Crippen molar-refractivity contribution in [3.05, 3.63) is 65.9 Å². The minimum atomic E-state index is 0.769. The first kappa shape index (κ1) is 13.4. The highest BCUT2D eigenvalue weighted by molar-refractivity contribution is 5.98. The molecule has 2 N–H and O–H groups in total. The van der Waals surface area contributed by atoms with Gasteiger partial charge in [0.2, 0.25) is 0 Å². The number of nitrogens with two attached hydrogens (primary N) is 1. The summed E-state index contributed by atoms with van der Waals surface area (Å²) in [7, 11) is 2.08. The zero-order chi connectivity index (χ0) is 14.8. The number of nitrogen functional groups attached to an aromatic ring is 1. The van der Waals surface area contributed by atoms with Gasteiger partial charge in [0.15, 0.2) is 0 Å². The normalized spacial score (nSPS) is 10.8. The molecule has 0 saturated heterocycles. The number of fused-ring (bicyclic) bond motifs is 1. The van der Waals surface area contributed by atoms with Crippen LogP contribution in [0.2, 0.25) is 0 Å². The molecule has 1 heterocycles. The number of benzene rings is 2. The molecular formula is C18H19N3. The summed E-state index contributed by atoms with van der Waals surface area (Å²) in [5, 5.41) is 1.01. The third-order valence-corrected chi connectivity index (χ3v) is 3.73. The largest absolute Gasteiger partial charge is 0.398 e. The average Bonchev–Trinajstić information content (AvgIpc) is 2.50. The number of aryl methyl sites for hydroxylation is 1. The van der Waals surface area contributed by atoms with Gasteiger partial charge in [-0.25, -0.2) is 0 Å². The molecule has 0 aliphatic carbocycles. The highest BCUT2D eigenvalue weighted by Crippen LogP contribution is 2.29. The first-order valence-electron chi connectivity index (χ1n) is 7.05. The molecule has 3 heteroatoms. The van der Waals surface area contributed by atoms with Crippen molar-refractivity contribution in [2.45, 2.75) is 13.5 Å². The van der Waals surface area contributed by atoms with E-state index in [9.17, 15) is 0 Å². The molecule has 0 fully saturated rings. The molecule has 0 aliphatic heterocycles. The lowest BCUT2D eigenvalue weighted by Crippen LogP contribution is -2.17. The van der Waals surface area contributed by atoms with E-state index in [-0.39, 0.29) is 0 Å². The highest BCUT2D eigenvalue weighted by atomic mass is 15.1. The zero-order valence-corrected chi connectivity index (χ0v) is 12.4. The first-order chi connectivity index (χ1) is 10.1. The Morgan fingerprint density at radius 2 is 1.81 bits per heavy atom. The summed E-state index contributed by atoms with van der Waals surface area (Å²) in [6.45, 7) is 2.95. The Kier molecular flexibility index (Phi) is 3.48. The summed E-state index contributed by atoms with van der Waals surface area (Å²) in [4.78, 5) is 6.70. The van der Waals surface area contributed by atoms with Crippen LogP contribution in [0, 0.1) is 6.92 Å². The van der Waals surface area contributed by atoms with Crippen LogP contribution in [0.25, 0.3) is 10.9 Å². The number of anilines is 2. The minimum Gasteiger partial charge on any atom is -0.398 e. The molecule has 3 rings (SSSR count). The van der Waals surface area contributed by atoms with E-state index in [0.29, 0.717) is 0 Å². The summed E-state index contributed by atoms with van der Waals surface area (Å²) < 4.78 is 0. The molecule has 0 spiro atoms. The molecular weight excluding hydrogens is 258 g/mol. The Morgan fingerprint density at radius 1 is 1.05 bits per heavy atom. The lowest BCUT2D eigenvalue weighted by atomic mass is 10.1. The highest BCUT2D eigenvalue weighted by Gasteiger charge is 2.09. The monoisotopic (exact) mass is 277 g/mol. The first-order valence-corrected chi connectivity index (χ1v) is 7.05. The maximum absolute atomic E-state index is 6.04. The summed E-state index contributed by atoms with van der Waals surface area (Å²) in [5.41, 5.74) is 11.4. The fourth-order valence-corrected chi connectivity index (χ4v) is 2.54. The van der Waals surface area contributed by atoms with E-state index in [1.807, 2.05) is 30.5 Å². The summed E-state index contributed by atoms with van der Waals surface area (Å²) in [6, 6.07) is 16.5. The van der Waals surface area contributed by atoms with Crippen molar-refractivity contribution in [3.8, 4) is 0 Å². The SMILES string of the molecule is Cc1ccc(CN(C)c2ccc(N)c3cccnc23)cc1. The van der Waals surface area contributed by atoms with Crippen molar-refractivity contribution >= 4 is 22.3 Å². The number of hydrogen-bond acceptors (Lipinski definition) is 3. The Balaban J connectivity index is 1.96. The number of rotatable bonds is 3. The van der Waals surface area contributed by atoms with Gasteiger partial charge in [0, 0.05) is 30.9 Å². The van der Waals surface area contributed by atoms with Gasteiger partial charge >= 0.3 is 0 Å². The number of nitrogens with zero attached hydrogens (tertiary/aromatic N) is 2. The van der Waals surface area contributed by atoms with Crippen molar-refractivity contribution in [3.63, 3.8) is 0 Å². The standard InChI is InChI=1S/C18H19N3/c1-13-5-7-14(8-6-13)12-21(2)17-10-9-16(19)15-4-3-11-20-18(15)17/h3-11H,12,19H2,1-2H3. The summed E-state index contributed by atoms with van der Waals surface area (Å²) >= 11 is 0. The summed E-state index contributed by atoms with van der Waals surface area (Å²) in [5.74, 6) is 0. The second-order valence-corrected chi connectivity index (χ2v) is 5.42. The second-order valence-electron chi connectivity index (χ2n) is 5.42. The maximum atomic E-state index is 6.04. The Morgan fingerprint density at radius 3 is 2.57 bits per heavy atom. The van der Waals surface area contributed by atoms with Crippen molar-refractivity contribution in [2.24, 2.45) is 0 Å². The molecule has 1 aromatic heterocycles. The van der Waals surface area contributed by atoms with Crippen LogP contribution in [-0.2, 0) is 6.54 Å². The van der Waals surface area contributed by atoms with Crippen LogP contribution >= 0.6 is 0 Å². The van der Waals surface area contributed by atoms with E-state index in [1.165, 1.54) is 11.1 Å². The van der Waals surface area contributed by atoms with Gasteiger partial charge in [0.25, 0.3) is 0 Å². The molecule has 0 amide bonds. The Bertz CT molecular complexity index is 763. The molecule has 3 nitrogen and oxygen atoms in total. The molecule has 0 atom stereocenters. The van der Waals surface area contributed by atoms with Gasteiger partial charge in [-0.3, -0.25) is 4.98 Å². The van der Waals surface area contributed by atoms with Crippen LogP contribution in [0.5, 0.6) is 0 Å². The Labute approximate surface area is 125 Å². The predicted octanol–water partition coefficient (Wildman–Crippen LogP) is 3.76. The van der Waals surface area contributed by atoms with E-state index < -0.39 is 0 Å². The fraction of sp³-hybridized carbons (Fsp3) is 0.167. The average molecular weight is 277 g/mol.